The van der Waals surface area contributed by atoms with E-state index in [-0.39, 0.29) is 12.1 Å². The maximum Gasteiger partial charge on any atom is 0.327 e. The molecule has 0 amide bonds. The molecule has 5 nitrogen and oxygen atoms in total. The molecule has 2 fully saturated rings. The van der Waals surface area contributed by atoms with Gasteiger partial charge in [0.05, 0.1) is 23.7 Å². The van der Waals surface area contributed by atoms with Gasteiger partial charge in [-0.3, -0.25) is 10.1 Å². The van der Waals surface area contributed by atoms with Crippen molar-refractivity contribution < 1.29 is 14.1 Å². The number of hydrogen-bond donors (Lipinski definition) is 0. The second-order valence-electron chi connectivity index (χ2n) is 4.97. The number of nitrogens with zero attached hydrogens (tertiary/aromatic N) is 2. The van der Waals surface area contributed by atoms with Gasteiger partial charge in [-0.1, -0.05) is 6.07 Å². The van der Waals surface area contributed by atoms with Gasteiger partial charge in [-0.25, -0.2) is 0 Å². The minimum Gasteiger partial charge on any atom is -0.374 e. The highest BCUT2D eigenvalue weighted by atomic mass is 19.1. The van der Waals surface area contributed by atoms with Crippen molar-refractivity contribution in [3.8, 4) is 0 Å². The third-order valence-corrected chi connectivity index (χ3v) is 3.94. The number of benzene rings is 1. The number of halogens is 1. The first-order valence-electron chi connectivity index (χ1n) is 6.49. The summed E-state index contributed by atoms with van der Waals surface area (Å²) in [5.41, 5.74) is -0.0414. The van der Waals surface area contributed by atoms with Crippen molar-refractivity contribution in [2.24, 2.45) is 0 Å². The molecule has 1 aromatic rings. The van der Waals surface area contributed by atoms with E-state index in [2.05, 4.69) is 0 Å². The average molecular weight is 266 g/mol. The zero-order valence-electron chi connectivity index (χ0n) is 10.4. The molecule has 1 aromatic carbocycles. The van der Waals surface area contributed by atoms with E-state index in [4.69, 9.17) is 4.74 Å². The van der Waals surface area contributed by atoms with Gasteiger partial charge in [-0.15, -0.1) is 0 Å². The van der Waals surface area contributed by atoms with Crippen LogP contribution in [0.3, 0.4) is 0 Å². The number of nitro groups is 1. The number of rotatable bonds is 2. The molecule has 1 saturated heterocycles. The highest BCUT2D eigenvalue weighted by molar-refractivity contribution is 5.64. The largest absolute Gasteiger partial charge is 0.374 e. The van der Waals surface area contributed by atoms with E-state index < -0.39 is 16.4 Å². The minimum atomic E-state index is -0.775. The van der Waals surface area contributed by atoms with Crippen LogP contribution >= 0.6 is 0 Å². The molecule has 6 heteroatoms. The van der Waals surface area contributed by atoms with Crippen LogP contribution in [0, 0.1) is 15.9 Å². The molecule has 2 unspecified atom stereocenters. The number of hydrogen-bond acceptors (Lipinski definition) is 4. The quantitative estimate of drug-likeness (QED) is 0.609. The minimum absolute atomic E-state index is 0.122. The number of para-hydroxylation sites is 1. The van der Waals surface area contributed by atoms with E-state index in [1.54, 1.807) is 6.07 Å². The lowest BCUT2D eigenvalue weighted by atomic mass is 10.1. The molecule has 3 rings (SSSR count). The standard InChI is InChI=1S/C13H15FN2O3/c14-9-3-1-5-11(13(9)16(17)18)15-7-8-19-12-6-2-4-10(12)15/h1,3,5,10,12H,2,4,6-8H2. The Morgan fingerprint density at radius 2 is 2.26 bits per heavy atom. The molecule has 1 heterocycles. The van der Waals surface area contributed by atoms with Crippen LogP contribution in [-0.2, 0) is 4.74 Å². The van der Waals surface area contributed by atoms with Gasteiger partial charge < -0.3 is 9.64 Å². The van der Waals surface area contributed by atoms with E-state index in [0.29, 0.717) is 18.8 Å². The molecule has 0 spiro atoms. The molecule has 1 saturated carbocycles. The molecule has 0 N–H and O–H groups in total. The molecule has 0 aromatic heterocycles. The number of ether oxygens (including phenoxy) is 1. The van der Waals surface area contributed by atoms with Gasteiger partial charge in [0.15, 0.2) is 0 Å². The van der Waals surface area contributed by atoms with Gasteiger partial charge in [-0.05, 0) is 31.4 Å². The number of fused-ring (bicyclic) bond motifs is 1. The predicted molar refractivity (Wildman–Crippen MR) is 67.8 cm³/mol. The molecule has 1 aliphatic heterocycles. The highest BCUT2D eigenvalue weighted by Crippen LogP contribution is 2.38. The van der Waals surface area contributed by atoms with Crippen LogP contribution in [0.1, 0.15) is 19.3 Å². The molecule has 0 radical (unpaired) electrons. The topological polar surface area (TPSA) is 55.6 Å². The molecule has 102 valence electrons. The Labute approximate surface area is 110 Å². The van der Waals surface area contributed by atoms with Crippen molar-refractivity contribution in [1.82, 2.24) is 0 Å². The maximum atomic E-state index is 13.7. The SMILES string of the molecule is O=[N+]([O-])c1c(F)cccc1N1CCOC2CCCC21. The fourth-order valence-corrected chi connectivity index (χ4v) is 3.14. The van der Waals surface area contributed by atoms with Gasteiger partial charge in [0.1, 0.15) is 5.69 Å². The van der Waals surface area contributed by atoms with E-state index in [9.17, 15) is 14.5 Å². The number of nitro benzene ring substituents is 1. The fraction of sp³-hybridized carbons (Fsp3) is 0.538. The predicted octanol–water partition coefficient (Wildman–Crippen LogP) is 2.49. The fourth-order valence-electron chi connectivity index (χ4n) is 3.14. The lowest BCUT2D eigenvalue weighted by molar-refractivity contribution is -0.386. The third-order valence-electron chi connectivity index (χ3n) is 3.94. The van der Waals surface area contributed by atoms with Gasteiger partial charge in [0, 0.05) is 6.54 Å². The summed E-state index contributed by atoms with van der Waals surface area (Å²) in [7, 11) is 0. The van der Waals surface area contributed by atoms with Crippen LogP contribution < -0.4 is 4.90 Å². The van der Waals surface area contributed by atoms with Crippen LogP contribution in [0.5, 0.6) is 0 Å². The van der Waals surface area contributed by atoms with Crippen LogP contribution in [0.2, 0.25) is 0 Å². The van der Waals surface area contributed by atoms with Crippen LogP contribution in [0.15, 0.2) is 18.2 Å². The Balaban J connectivity index is 2.01. The molecule has 2 aliphatic rings. The zero-order valence-corrected chi connectivity index (χ0v) is 10.4. The number of anilines is 1. The summed E-state index contributed by atoms with van der Waals surface area (Å²) in [6.07, 6.45) is 3.09. The highest BCUT2D eigenvalue weighted by Gasteiger charge is 2.39. The Hall–Kier alpha value is -1.69. The second-order valence-corrected chi connectivity index (χ2v) is 4.97. The molecular formula is C13H15FN2O3. The summed E-state index contributed by atoms with van der Waals surface area (Å²) < 4.78 is 19.4. The van der Waals surface area contributed by atoms with Gasteiger partial charge in [0.2, 0.25) is 5.82 Å². The van der Waals surface area contributed by atoms with E-state index >= 15 is 0 Å². The summed E-state index contributed by atoms with van der Waals surface area (Å²) in [6, 6.07) is 4.42. The molecule has 0 bridgehead atoms. The van der Waals surface area contributed by atoms with Crippen LogP contribution in [0.4, 0.5) is 15.8 Å². The Bertz CT molecular complexity index is 509. The molecule has 19 heavy (non-hydrogen) atoms. The van der Waals surface area contributed by atoms with Crippen molar-refractivity contribution >= 4 is 11.4 Å². The summed E-state index contributed by atoms with van der Waals surface area (Å²) in [4.78, 5) is 12.4. The second kappa shape index (κ2) is 4.77. The van der Waals surface area contributed by atoms with Gasteiger partial charge >= 0.3 is 5.69 Å². The average Bonchev–Trinajstić information content (AvgIpc) is 2.85. The molecule has 2 atom stereocenters. The van der Waals surface area contributed by atoms with Gasteiger partial charge in [-0.2, -0.15) is 4.39 Å². The summed E-state index contributed by atoms with van der Waals surface area (Å²) in [5.74, 6) is -0.775. The number of morpholine rings is 1. The van der Waals surface area contributed by atoms with Crippen molar-refractivity contribution in [3.05, 3.63) is 34.1 Å². The van der Waals surface area contributed by atoms with E-state index in [1.165, 1.54) is 6.07 Å². The third kappa shape index (κ3) is 2.06. The van der Waals surface area contributed by atoms with Crippen LogP contribution in [0.25, 0.3) is 0 Å². The lowest BCUT2D eigenvalue weighted by Crippen LogP contribution is -2.48. The lowest BCUT2D eigenvalue weighted by Gasteiger charge is -2.38. The van der Waals surface area contributed by atoms with E-state index in [1.807, 2.05) is 4.90 Å². The Morgan fingerprint density at radius 1 is 1.42 bits per heavy atom. The molecule has 1 aliphatic carbocycles. The normalized spacial score (nSPS) is 26.3. The van der Waals surface area contributed by atoms with Crippen molar-refractivity contribution in [3.63, 3.8) is 0 Å². The first-order valence-corrected chi connectivity index (χ1v) is 6.49. The van der Waals surface area contributed by atoms with Crippen LogP contribution in [-0.4, -0.2) is 30.2 Å². The van der Waals surface area contributed by atoms with E-state index in [0.717, 1.165) is 25.3 Å². The summed E-state index contributed by atoms with van der Waals surface area (Å²) in [6.45, 7) is 1.11. The zero-order chi connectivity index (χ0) is 13.4. The summed E-state index contributed by atoms with van der Waals surface area (Å²) in [5, 5.41) is 11.1. The monoisotopic (exact) mass is 266 g/mol. The van der Waals surface area contributed by atoms with Crippen molar-refractivity contribution in [2.75, 3.05) is 18.1 Å². The Kier molecular flexibility index (Phi) is 3.10. The molecular weight excluding hydrogens is 251 g/mol. The smallest absolute Gasteiger partial charge is 0.327 e. The first kappa shape index (κ1) is 12.3. The summed E-state index contributed by atoms with van der Waals surface area (Å²) >= 11 is 0. The maximum absolute atomic E-state index is 13.7. The first-order chi connectivity index (χ1) is 9.18. The van der Waals surface area contributed by atoms with Crippen molar-refractivity contribution in [1.29, 1.82) is 0 Å². The van der Waals surface area contributed by atoms with Gasteiger partial charge in [0.25, 0.3) is 0 Å². The van der Waals surface area contributed by atoms with Crippen molar-refractivity contribution in [2.45, 2.75) is 31.4 Å². The Morgan fingerprint density at radius 3 is 3.05 bits per heavy atom.